The van der Waals surface area contributed by atoms with Crippen LogP contribution in [0.15, 0.2) is 30.3 Å². The van der Waals surface area contributed by atoms with Gasteiger partial charge in [-0.3, -0.25) is 0 Å². The van der Waals surface area contributed by atoms with Gasteiger partial charge >= 0.3 is 0 Å². The summed E-state index contributed by atoms with van der Waals surface area (Å²) in [5.41, 5.74) is 1.43. The molecule has 0 aliphatic heterocycles. The van der Waals surface area contributed by atoms with Gasteiger partial charge in [-0.05, 0) is 25.0 Å². The summed E-state index contributed by atoms with van der Waals surface area (Å²) in [4.78, 5) is 2.61. The molecule has 0 bridgehead atoms. The predicted molar refractivity (Wildman–Crippen MR) is 66.0 cm³/mol. The minimum absolute atomic E-state index is 0.829. The number of rotatable bonds is 3. The van der Waals surface area contributed by atoms with Crippen LogP contribution in [0, 0.1) is 0 Å². The summed E-state index contributed by atoms with van der Waals surface area (Å²) in [5, 5.41) is 0. The van der Waals surface area contributed by atoms with E-state index in [4.69, 9.17) is 0 Å². The number of nitrogens with zero attached hydrogens (tertiary/aromatic N) is 1. The lowest BCUT2D eigenvalue weighted by atomic mass is 10.2. The summed E-state index contributed by atoms with van der Waals surface area (Å²) in [6, 6.07) is 11.7. The molecule has 76 valence electrons. The van der Waals surface area contributed by atoms with Crippen molar-refractivity contribution in [3.8, 4) is 0 Å². The number of anilines is 1. The van der Waals surface area contributed by atoms with Crippen molar-refractivity contribution >= 4 is 15.9 Å². The molecule has 0 saturated heterocycles. The third-order valence-electron chi connectivity index (χ3n) is 3.19. The molecule has 2 heteroatoms. The molecule has 0 atom stereocenters. The maximum atomic E-state index is 2.61. The van der Waals surface area contributed by atoms with Gasteiger partial charge in [0.1, 0.15) is 0 Å². The van der Waals surface area contributed by atoms with E-state index >= 15 is 0 Å². The molecule has 1 aliphatic rings. The molecule has 0 spiro atoms. The van der Waals surface area contributed by atoms with E-state index in [9.17, 15) is 0 Å². The minimum Gasteiger partial charge on any atom is -0.373 e. The molecule has 1 saturated carbocycles. The standard InChI is InChI=1S/C12H19NSi/c14-10-13(12-8-4-5-9-12)11-6-2-1-3-7-11/h1-3,6-7,12H,4-5,8-10H2,14H3. The molecule has 0 unspecified atom stereocenters. The van der Waals surface area contributed by atoms with Crippen molar-refractivity contribution < 1.29 is 0 Å². The molecule has 0 aromatic heterocycles. The van der Waals surface area contributed by atoms with Crippen LogP contribution in [0.4, 0.5) is 5.69 Å². The normalized spacial score (nSPS) is 17.4. The lowest BCUT2D eigenvalue weighted by Crippen LogP contribution is -2.34. The summed E-state index contributed by atoms with van der Waals surface area (Å²) < 4.78 is 0. The average molecular weight is 205 g/mol. The first-order chi connectivity index (χ1) is 6.92. The Balaban J connectivity index is 2.12. The zero-order valence-corrected chi connectivity index (χ0v) is 10.9. The van der Waals surface area contributed by atoms with Crippen LogP contribution in [0.1, 0.15) is 25.7 Å². The smallest absolute Gasteiger partial charge is 0.0365 e. The van der Waals surface area contributed by atoms with Crippen LogP contribution in [0.5, 0.6) is 0 Å². The van der Waals surface area contributed by atoms with Crippen molar-refractivity contribution in [2.45, 2.75) is 31.7 Å². The molecule has 1 aliphatic carbocycles. The Labute approximate surface area is 89.5 Å². The Morgan fingerprint density at radius 1 is 1.14 bits per heavy atom. The second kappa shape index (κ2) is 4.65. The van der Waals surface area contributed by atoms with Gasteiger partial charge in [0.15, 0.2) is 0 Å². The SMILES string of the molecule is [SiH3]CN(c1ccccc1)C1CCCC1. The number of hydrogen-bond donors (Lipinski definition) is 0. The summed E-state index contributed by atoms with van der Waals surface area (Å²) in [5.74, 6) is 0. The second-order valence-corrected chi connectivity index (χ2v) is 4.69. The lowest BCUT2D eigenvalue weighted by molar-refractivity contribution is 0.643. The van der Waals surface area contributed by atoms with Crippen molar-refractivity contribution in [1.29, 1.82) is 0 Å². The van der Waals surface area contributed by atoms with Gasteiger partial charge in [0.2, 0.25) is 0 Å². The topological polar surface area (TPSA) is 3.24 Å². The first kappa shape index (κ1) is 9.78. The Morgan fingerprint density at radius 2 is 1.79 bits per heavy atom. The van der Waals surface area contributed by atoms with Crippen LogP contribution in [0.3, 0.4) is 0 Å². The average Bonchev–Trinajstić information content (AvgIpc) is 2.74. The summed E-state index contributed by atoms with van der Waals surface area (Å²) in [6.45, 7) is 0. The molecule has 1 aromatic carbocycles. The first-order valence-electron chi connectivity index (χ1n) is 5.73. The maximum Gasteiger partial charge on any atom is 0.0365 e. The summed E-state index contributed by atoms with van der Waals surface area (Å²) in [7, 11) is 1.27. The molecular formula is C12H19NSi. The van der Waals surface area contributed by atoms with Crippen molar-refractivity contribution in [2.24, 2.45) is 0 Å². The molecule has 0 radical (unpaired) electrons. The van der Waals surface area contributed by atoms with E-state index in [1.807, 2.05) is 0 Å². The highest BCUT2D eigenvalue weighted by atomic mass is 28.1. The molecule has 0 N–H and O–H groups in total. The summed E-state index contributed by atoms with van der Waals surface area (Å²) in [6.07, 6.45) is 6.92. The molecule has 0 amide bonds. The van der Waals surface area contributed by atoms with E-state index in [2.05, 4.69) is 35.2 Å². The van der Waals surface area contributed by atoms with Gasteiger partial charge in [-0.25, -0.2) is 0 Å². The Kier molecular flexibility index (Phi) is 3.25. The van der Waals surface area contributed by atoms with Crippen molar-refractivity contribution in [3.63, 3.8) is 0 Å². The van der Waals surface area contributed by atoms with Crippen LogP contribution >= 0.6 is 0 Å². The van der Waals surface area contributed by atoms with E-state index < -0.39 is 0 Å². The van der Waals surface area contributed by atoms with Gasteiger partial charge in [0, 0.05) is 28.1 Å². The Morgan fingerprint density at radius 3 is 2.36 bits per heavy atom. The van der Waals surface area contributed by atoms with Gasteiger partial charge in [-0.2, -0.15) is 0 Å². The van der Waals surface area contributed by atoms with Crippen LogP contribution in [-0.2, 0) is 0 Å². The molecule has 1 aromatic rings. The monoisotopic (exact) mass is 205 g/mol. The quantitative estimate of drug-likeness (QED) is 0.680. The molecule has 1 nitrogen and oxygen atoms in total. The highest BCUT2D eigenvalue weighted by Crippen LogP contribution is 2.27. The molecule has 14 heavy (non-hydrogen) atoms. The van der Waals surface area contributed by atoms with Gasteiger partial charge in [-0.1, -0.05) is 31.0 Å². The second-order valence-electron chi connectivity index (χ2n) is 4.06. The van der Waals surface area contributed by atoms with E-state index in [1.165, 1.54) is 47.8 Å². The van der Waals surface area contributed by atoms with Crippen molar-refractivity contribution in [3.05, 3.63) is 30.3 Å². The Bertz CT molecular complexity index is 267. The first-order valence-corrected chi connectivity index (χ1v) is 7.15. The van der Waals surface area contributed by atoms with E-state index in [-0.39, 0.29) is 0 Å². The number of hydrogen-bond acceptors (Lipinski definition) is 1. The third kappa shape index (κ3) is 2.00. The largest absolute Gasteiger partial charge is 0.373 e. The molecule has 2 rings (SSSR count). The van der Waals surface area contributed by atoms with E-state index in [1.54, 1.807) is 0 Å². The lowest BCUT2D eigenvalue weighted by Gasteiger charge is -2.30. The van der Waals surface area contributed by atoms with Crippen LogP contribution in [-0.4, -0.2) is 22.5 Å². The number of benzene rings is 1. The summed E-state index contributed by atoms with van der Waals surface area (Å²) >= 11 is 0. The van der Waals surface area contributed by atoms with Crippen LogP contribution in [0.2, 0.25) is 0 Å². The van der Waals surface area contributed by atoms with Crippen molar-refractivity contribution in [2.75, 3.05) is 11.1 Å². The van der Waals surface area contributed by atoms with Gasteiger partial charge < -0.3 is 4.90 Å². The third-order valence-corrected chi connectivity index (χ3v) is 3.88. The zero-order chi connectivity index (χ0) is 9.80. The molecular weight excluding hydrogens is 186 g/mol. The van der Waals surface area contributed by atoms with Gasteiger partial charge in [0.25, 0.3) is 0 Å². The highest BCUT2D eigenvalue weighted by molar-refractivity contribution is 6.10. The van der Waals surface area contributed by atoms with Crippen molar-refractivity contribution in [1.82, 2.24) is 0 Å². The van der Waals surface area contributed by atoms with Gasteiger partial charge in [-0.15, -0.1) is 0 Å². The van der Waals surface area contributed by atoms with Crippen LogP contribution < -0.4 is 4.90 Å². The fourth-order valence-corrected chi connectivity index (χ4v) is 3.37. The minimum atomic E-state index is 0.829. The molecule has 1 fully saturated rings. The van der Waals surface area contributed by atoms with E-state index in [0.717, 1.165) is 6.04 Å². The van der Waals surface area contributed by atoms with E-state index in [0.29, 0.717) is 0 Å². The predicted octanol–water partition coefficient (Wildman–Crippen LogP) is 1.76. The fraction of sp³-hybridized carbons (Fsp3) is 0.500. The van der Waals surface area contributed by atoms with Gasteiger partial charge in [0.05, 0.1) is 0 Å². The number of para-hydroxylation sites is 1. The Hall–Kier alpha value is -0.763. The van der Waals surface area contributed by atoms with Crippen LogP contribution in [0.25, 0.3) is 0 Å². The fourth-order valence-electron chi connectivity index (χ4n) is 2.49. The molecule has 0 heterocycles. The highest BCUT2D eigenvalue weighted by Gasteiger charge is 2.20. The zero-order valence-electron chi connectivity index (χ0n) is 8.95. The maximum absolute atomic E-state index is 2.61.